The van der Waals surface area contributed by atoms with E-state index in [1.807, 2.05) is 17.9 Å². The van der Waals surface area contributed by atoms with E-state index < -0.39 is 10.0 Å². The van der Waals surface area contributed by atoms with Crippen molar-refractivity contribution in [1.82, 2.24) is 19.4 Å². The van der Waals surface area contributed by atoms with Crippen LogP contribution in [0.1, 0.15) is 44.2 Å². The molecule has 0 radical (unpaired) electrons. The number of piperidine rings is 1. The topological polar surface area (TPSA) is 67.2 Å². The normalized spacial score (nSPS) is 25.6. The Morgan fingerprint density at radius 1 is 1.30 bits per heavy atom. The lowest BCUT2D eigenvalue weighted by Crippen LogP contribution is -2.55. The maximum absolute atomic E-state index is 12.0. The summed E-state index contributed by atoms with van der Waals surface area (Å²) in [5.74, 6) is 0. The molecule has 2 aliphatic carbocycles. The monoisotopic (exact) mass is 338 g/mol. The number of hydrogen-bond acceptors (Lipinski definition) is 4. The van der Waals surface area contributed by atoms with Crippen LogP contribution in [-0.4, -0.2) is 47.5 Å². The van der Waals surface area contributed by atoms with Crippen LogP contribution < -0.4 is 4.72 Å². The van der Waals surface area contributed by atoms with Crippen LogP contribution in [-0.2, 0) is 23.6 Å². The first-order valence-corrected chi connectivity index (χ1v) is 10.2. The predicted octanol–water partition coefficient (Wildman–Crippen LogP) is 1.25. The summed E-state index contributed by atoms with van der Waals surface area (Å²) < 4.78 is 28.9. The minimum atomic E-state index is -3.02. The number of nitrogens with zero attached hydrogens (tertiary/aromatic N) is 3. The summed E-state index contributed by atoms with van der Waals surface area (Å²) in [6, 6.07) is 2.26. The first-order valence-electron chi connectivity index (χ1n) is 8.66. The minimum absolute atomic E-state index is 0.0974. The zero-order valence-corrected chi connectivity index (χ0v) is 14.6. The van der Waals surface area contributed by atoms with E-state index in [-0.39, 0.29) is 11.3 Å². The quantitative estimate of drug-likeness (QED) is 0.877. The van der Waals surface area contributed by atoms with Gasteiger partial charge in [0, 0.05) is 25.8 Å². The molecule has 4 rings (SSSR count). The maximum Gasteiger partial charge on any atom is 0.214 e. The molecule has 7 heteroatoms. The molecule has 0 unspecified atom stereocenters. The third kappa shape index (κ3) is 3.19. The van der Waals surface area contributed by atoms with E-state index >= 15 is 0 Å². The molecule has 1 aromatic rings. The van der Waals surface area contributed by atoms with E-state index in [0.717, 1.165) is 45.3 Å². The standard InChI is InChI=1S/C16H26N4O2S/c1-19-14(4-7-17-19)12-20-8-5-16(6-9-20)10-13(11-16)18-23(21,22)15-2-3-15/h4,7,13,15,18H,2-3,5-6,8-12H2,1H3. The molecule has 23 heavy (non-hydrogen) atoms. The van der Waals surface area contributed by atoms with Crippen LogP contribution in [0.25, 0.3) is 0 Å². The first kappa shape index (κ1) is 15.6. The van der Waals surface area contributed by atoms with Crippen LogP contribution in [0.3, 0.4) is 0 Å². The molecule has 2 heterocycles. The van der Waals surface area contributed by atoms with E-state index in [4.69, 9.17) is 0 Å². The number of rotatable bonds is 5. The van der Waals surface area contributed by atoms with Gasteiger partial charge in [0.15, 0.2) is 0 Å². The van der Waals surface area contributed by atoms with Crippen molar-refractivity contribution in [3.63, 3.8) is 0 Å². The summed E-state index contributed by atoms with van der Waals surface area (Å²) in [7, 11) is -1.03. The molecule has 0 amide bonds. The lowest BCUT2D eigenvalue weighted by Gasteiger charge is -2.52. The van der Waals surface area contributed by atoms with Crippen LogP contribution in [0.5, 0.6) is 0 Å². The SMILES string of the molecule is Cn1nccc1CN1CCC2(CC1)CC(NS(=O)(=O)C1CC1)C2. The fourth-order valence-electron chi connectivity index (χ4n) is 4.16. The van der Waals surface area contributed by atoms with Crippen molar-refractivity contribution in [2.45, 2.75) is 56.4 Å². The molecule has 1 aliphatic heterocycles. The smallest absolute Gasteiger partial charge is 0.214 e. The number of aromatic nitrogens is 2. The summed E-state index contributed by atoms with van der Waals surface area (Å²) in [5, 5.41) is 4.13. The second-order valence-electron chi connectivity index (χ2n) is 7.69. The Morgan fingerprint density at radius 3 is 2.57 bits per heavy atom. The second-order valence-corrected chi connectivity index (χ2v) is 9.68. The zero-order valence-electron chi connectivity index (χ0n) is 13.7. The number of nitrogens with one attached hydrogen (secondary N) is 1. The van der Waals surface area contributed by atoms with Gasteiger partial charge in [0.05, 0.1) is 10.9 Å². The molecule has 0 aromatic carbocycles. The van der Waals surface area contributed by atoms with Crippen molar-refractivity contribution in [3.8, 4) is 0 Å². The van der Waals surface area contributed by atoms with Gasteiger partial charge in [-0.1, -0.05) is 0 Å². The van der Waals surface area contributed by atoms with E-state index in [2.05, 4.69) is 20.8 Å². The van der Waals surface area contributed by atoms with Gasteiger partial charge in [-0.25, -0.2) is 13.1 Å². The van der Waals surface area contributed by atoms with E-state index in [9.17, 15) is 8.42 Å². The fourth-order valence-corrected chi connectivity index (χ4v) is 5.74. The maximum atomic E-state index is 12.0. The van der Waals surface area contributed by atoms with Crippen LogP contribution in [0.15, 0.2) is 12.3 Å². The number of aryl methyl sites for hydroxylation is 1. The van der Waals surface area contributed by atoms with Gasteiger partial charge in [0.2, 0.25) is 10.0 Å². The summed E-state index contributed by atoms with van der Waals surface area (Å²) in [6.07, 6.45) is 7.96. The van der Waals surface area contributed by atoms with Gasteiger partial charge in [-0.3, -0.25) is 9.58 Å². The number of hydrogen-bond donors (Lipinski definition) is 1. The van der Waals surface area contributed by atoms with Crippen molar-refractivity contribution in [2.24, 2.45) is 12.5 Å². The van der Waals surface area contributed by atoms with Gasteiger partial charge in [-0.05, 0) is 63.1 Å². The molecule has 3 fully saturated rings. The van der Waals surface area contributed by atoms with Gasteiger partial charge >= 0.3 is 0 Å². The third-order valence-corrected chi connectivity index (χ3v) is 7.89. The van der Waals surface area contributed by atoms with Crippen LogP contribution in [0, 0.1) is 5.41 Å². The lowest BCUT2D eigenvalue weighted by atomic mass is 9.60. The van der Waals surface area contributed by atoms with Crippen molar-refractivity contribution in [1.29, 1.82) is 0 Å². The summed E-state index contributed by atoms with van der Waals surface area (Å²) >= 11 is 0. The van der Waals surface area contributed by atoms with Crippen molar-refractivity contribution in [2.75, 3.05) is 13.1 Å². The Bertz CT molecular complexity index is 664. The molecule has 1 spiro atoms. The predicted molar refractivity (Wildman–Crippen MR) is 88.3 cm³/mol. The summed E-state index contributed by atoms with van der Waals surface area (Å²) in [5.41, 5.74) is 1.64. The average molecular weight is 338 g/mol. The van der Waals surface area contributed by atoms with Gasteiger partial charge in [-0.15, -0.1) is 0 Å². The zero-order chi connectivity index (χ0) is 16.1. The summed E-state index contributed by atoms with van der Waals surface area (Å²) in [6.45, 7) is 3.17. The first-order chi connectivity index (χ1) is 11.0. The Hall–Kier alpha value is -0.920. The second kappa shape index (κ2) is 5.57. The van der Waals surface area contributed by atoms with Gasteiger partial charge in [0.1, 0.15) is 0 Å². The third-order valence-electron chi connectivity index (χ3n) is 5.88. The number of likely N-dealkylation sites (tertiary alicyclic amines) is 1. The highest BCUT2D eigenvalue weighted by Crippen LogP contribution is 2.49. The fraction of sp³-hybridized carbons (Fsp3) is 0.812. The Balaban J connectivity index is 1.25. The molecule has 1 aromatic heterocycles. The Kier molecular flexibility index (Phi) is 3.77. The lowest BCUT2D eigenvalue weighted by molar-refractivity contribution is 0.00994. The average Bonchev–Trinajstić information content (AvgIpc) is 3.26. The molecular weight excluding hydrogens is 312 g/mol. The Labute approximate surface area is 138 Å². The highest BCUT2D eigenvalue weighted by atomic mass is 32.2. The highest BCUT2D eigenvalue weighted by Gasteiger charge is 2.48. The molecule has 0 atom stereocenters. The van der Waals surface area contributed by atoms with E-state index in [0.29, 0.717) is 5.41 Å². The molecule has 0 bridgehead atoms. The highest BCUT2D eigenvalue weighted by molar-refractivity contribution is 7.90. The molecule has 2 saturated carbocycles. The molecule has 1 saturated heterocycles. The van der Waals surface area contributed by atoms with Crippen LogP contribution in [0.4, 0.5) is 0 Å². The summed E-state index contributed by atoms with van der Waals surface area (Å²) in [4.78, 5) is 2.49. The minimum Gasteiger partial charge on any atom is -0.297 e. The molecule has 6 nitrogen and oxygen atoms in total. The number of sulfonamides is 1. The van der Waals surface area contributed by atoms with Gasteiger partial charge in [-0.2, -0.15) is 5.10 Å². The van der Waals surface area contributed by atoms with Crippen molar-refractivity contribution < 1.29 is 8.42 Å². The van der Waals surface area contributed by atoms with E-state index in [1.54, 1.807) is 0 Å². The van der Waals surface area contributed by atoms with Gasteiger partial charge in [0.25, 0.3) is 0 Å². The largest absolute Gasteiger partial charge is 0.297 e. The van der Waals surface area contributed by atoms with Crippen LogP contribution in [0.2, 0.25) is 0 Å². The van der Waals surface area contributed by atoms with E-state index in [1.165, 1.54) is 18.5 Å². The Morgan fingerprint density at radius 2 is 2.00 bits per heavy atom. The molecule has 3 aliphatic rings. The molecule has 1 N–H and O–H groups in total. The van der Waals surface area contributed by atoms with Crippen LogP contribution >= 0.6 is 0 Å². The van der Waals surface area contributed by atoms with Gasteiger partial charge < -0.3 is 0 Å². The molecular formula is C16H26N4O2S. The van der Waals surface area contributed by atoms with Crippen molar-refractivity contribution >= 4 is 10.0 Å². The molecule has 128 valence electrons. The van der Waals surface area contributed by atoms with Crippen molar-refractivity contribution in [3.05, 3.63) is 18.0 Å².